The zero-order valence-corrected chi connectivity index (χ0v) is 58.1. The largest absolute Gasteiger partial charge is 0.310 e. The Kier molecular flexibility index (Phi) is 14.3. The Labute approximate surface area is 563 Å². The van der Waals surface area contributed by atoms with Gasteiger partial charge in [0, 0.05) is 50.0 Å². The summed E-state index contributed by atoms with van der Waals surface area (Å²) in [6.45, 7) is 35.1. The van der Waals surface area contributed by atoms with E-state index in [2.05, 4.69) is 350 Å². The van der Waals surface area contributed by atoms with Crippen LogP contribution in [0.4, 0.5) is 34.1 Å². The van der Waals surface area contributed by atoms with Crippen molar-refractivity contribution >= 4 is 101 Å². The van der Waals surface area contributed by atoms with E-state index in [-0.39, 0.29) is 33.8 Å². The molecule has 0 unspecified atom stereocenters. The summed E-state index contributed by atoms with van der Waals surface area (Å²) in [7, 11) is 0. The molecule has 15 rings (SSSR count). The van der Waals surface area contributed by atoms with E-state index in [1.54, 1.807) is 0 Å². The van der Waals surface area contributed by atoms with Crippen molar-refractivity contribution in [2.24, 2.45) is 0 Å². The third-order valence-electron chi connectivity index (χ3n) is 20.3. The Morgan fingerprint density at radius 2 is 0.660 bits per heavy atom. The predicted molar refractivity (Wildman–Crippen MR) is 410 cm³/mol. The second-order valence-corrected chi connectivity index (χ2v) is 32.4. The number of nitrogens with zero attached hydrogens (tertiary/aromatic N) is 2. The minimum atomic E-state index is -0.287. The smallest absolute Gasteiger partial charge is 0.252 e. The van der Waals surface area contributed by atoms with Crippen molar-refractivity contribution in [1.29, 1.82) is 0 Å². The highest BCUT2D eigenvalue weighted by atomic mass is 35.5. The zero-order valence-electron chi connectivity index (χ0n) is 57.4. The van der Waals surface area contributed by atoms with Crippen molar-refractivity contribution in [3.63, 3.8) is 0 Å². The van der Waals surface area contributed by atoms with E-state index < -0.39 is 0 Å². The van der Waals surface area contributed by atoms with E-state index in [9.17, 15) is 0 Å². The molecular weight excluding hydrogens is 1160 g/mol. The molecule has 2 nitrogen and oxygen atoms in total. The van der Waals surface area contributed by atoms with Crippen LogP contribution in [-0.4, -0.2) is 6.71 Å². The monoisotopic (exact) mass is 1240 g/mol. The van der Waals surface area contributed by atoms with E-state index in [1.807, 2.05) is 0 Å². The molecule has 0 spiro atoms. The van der Waals surface area contributed by atoms with Crippen LogP contribution in [-0.2, 0) is 27.1 Å². The fraction of sp³-hybridized carbons (Fsp3) is 0.222. The summed E-state index contributed by atoms with van der Waals surface area (Å²) in [5, 5.41) is 8.48. The number of benzene rings is 13. The molecule has 464 valence electrons. The Morgan fingerprint density at radius 3 is 1.10 bits per heavy atom. The average Bonchev–Trinajstić information content (AvgIpc) is 0.689. The van der Waals surface area contributed by atoms with Crippen molar-refractivity contribution in [2.45, 2.75) is 131 Å². The minimum absolute atomic E-state index is 0.0525. The molecule has 0 aromatic heterocycles. The molecule has 0 N–H and O–H groups in total. The Hall–Kier alpha value is -9.15. The van der Waals surface area contributed by atoms with Crippen LogP contribution in [0.1, 0.15) is 132 Å². The highest BCUT2D eigenvalue weighted by molar-refractivity contribution is 7.00. The van der Waals surface area contributed by atoms with Gasteiger partial charge in [-0.1, -0.05) is 285 Å². The first-order chi connectivity index (χ1) is 44.7. The lowest BCUT2D eigenvalue weighted by molar-refractivity contribution is 0.590. The maximum absolute atomic E-state index is 7.58. The summed E-state index contributed by atoms with van der Waals surface area (Å²) in [5.74, 6) is 0. The van der Waals surface area contributed by atoms with E-state index in [0.717, 1.165) is 56.4 Å². The lowest BCUT2D eigenvalue weighted by Crippen LogP contribution is -2.61. The Morgan fingerprint density at radius 1 is 0.277 bits per heavy atom. The Bertz CT molecular complexity index is 5020. The highest BCUT2D eigenvalue weighted by Crippen LogP contribution is 2.56. The summed E-state index contributed by atoms with van der Waals surface area (Å²) in [4.78, 5) is 5.34. The zero-order chi connectivity index (χ0) is 65.7. The van der Waals surface area contributed by atoms with Gasteiger partial charge in [-0.2, -0.15) is 0 Å². The van der Waals surface area contributed by atoms with Crippen LogP contribution >= 0.6 is 11.6 Å². The van der Waals surface area contributed by atoms with Gasteiger partial charge in [-0.15, -0.1) is 0 Å². The molecule has 0 aliphatic carbocycles. The molecule has 0 radical (unpaired) electrons. The van der Waals surface area contributed by atoms with Gasteiger partial charge in [0.05, 0.1) is 11.4 Å². The molecule has 0 saturated carbocycles. The first-order valence-corrected chi connectivity index (χ1v) is 34.2. The van der Waals surface area contributed by atoms with Crippen LogP contribution in [0.3, 0.4) is 0 Å². The molecule has 0 bridgehead atoms. The summed E-state index contributed by atoms with van der Waals surface area (Å²) in [5.41, 5.74) is 27.9. The first-order valence-electron chi connectivity index (χ1n) is 33.8. The van der Waals surface area contributed by atoms with Gasteiger partial charge in [-0.25, -0.2) is 0 Å². The quantitative estimate of drug-likeness (QED) is 0.116. The number of hydrogen-bond donors (Lipinski definition) is 0. The molecule has 4 heteroatoms. The van der Waals surface area contributed by atoms with Crippen molar-refractivity contribution < 1.29 is 0 Å². The fourth-order valence-electron chi connectivity index (χ4n) is 15.0. The molecule has 2 aliphatic rings. The fourth-order valence-corrected chi connectivity index (χ4v) is 15.2. The van der Waals surface area contributed by atoms with Gasteiger partial charge >= 0.3 is 0 Å². The van der Waals surface area contributed by atoms with Crippen molar-refractivity contribution in [2.75, 3.05) is 9.80 Å². The normalized spacial score (nSPS) is 13.5. The molecule has 0 fully saturated rings. The van der Waals surface area contributed by atoms with E-state index in [0.29, 0.717) is 5.02 Å². The maximum atomic E-state index is 7.58. The van der Waals surface area contributed by atoms with Gasteiger partial charge in [0.25, 0.3) is 6.71 Å². The number of anilines is 6. The topological polar surface area (TPSA) is 6.48 Å². The minimum Gasteiger partial charge on any atom is -0.310 e. The van der Waals surface area contributed by atoms with Gasteiger partial charge in [0.2, 0.25) is 0 Å². The third kappa shape index (κ3) is 10.3. The van der Waals surface area contributed by atoms with Crippen LogP contribution < -0.4 is 26.2 Å². The lowest BCUT2D eigenvalue weighted by Gasteiger charge is -2.46. The SMILES string of the molecule is CC(C)(C)c1cc(-c2ccccc2)c(N2c3ccc(-c4cc5cc(C(C)(C)C)cc6ccc7cc(C(C)(C)C)cc4c7c65)cc3B3c4ccc(Cl)cc4N(c4c(-c5ccccc5)cc(C(C)(C)C)cc4-c4ccccc4)c4cc(C(C)(C)C)cc2c43)c(-c2ccccc2)c1. The predicted octanol–water partition coefficient (Wildman–Crippen LogP) is 24.1. The Balaban J connectivity index is 1.14. The van der Waals surface area contributed by atoms with Gasteiger partial charge in [-0.3, -0.25) is 0 Å². The number of fused-ring (bicyclic) bond motifs is 4. The molecule has 2 aliphatic heterocycles. The van der Waals surface area contributed by atoms with Gasteiger partial charge < -0.3 is 9.80 Å². The standard InChI is InChI=1S/C90H84BClN2/c1-86(2,3)63-42-60-36-37-61-43-64(87(4,5)6)51-74-69(45-62(44-63)81(60)82(61)74)59-38-41-77-76(46-59)91-75-40-39-68(92)54-78(75)94(85-72(57-32-24-18-25-33-57)49-66(89(10,11)12)50-73(85)58-34-26-19-27-35-58)80-53-67(90(13,14)15)52-79(83(80)91)93(77)84-70(55-28-20-16-21-29-55)47-65(88(7,8)9)48-71(84)56-30-22-17-23-31-56/h16-54H,1-15H3. The van der Waals surface area contributed by atoms with Crippen LogP contribution in [0.5, 0.6) is 0 Å². The van der Waals surface area contributed by atoms with Crippen molar-refractivity contribution in [3.8, 4) is 55.6 Å². The summed E-state index contributed by atoms with van der Waals surface area (Å²) in [6, 6.07) is 91.0. The van der Waals surface area contributed by atoms with Crippen LogP contribution in [0.25, 0.3) is 88.0 Å². The number of hydrogen-bond acceptors (Lipinski definition) is 2. The summed E-state index contributed by atoms with van der Waals surface area (Å²) >= 11 is 7.58. The average molecular weight is 1240 g/mol. The molecule has 94 heavy (non-hydrogen) atoms. The first kappa shape index (κ1) is 61.1. The molecule has 2 heterocycles. The molecule has 0 saturated heterocycles. The van der Waals surface area contributed by atoms with Gasteiger partial charge in [0.15, 0.2) is 0 Å². The van der Waals surface area contributed by atoms with Gasteiger partial charge in [0.1, 0.15) is 0 Å². The van der Waals surface area contributed by atoms with E-state index in [1.165, 1.54) is 110 Å². The molecular formula is C90H84BClN2. The summed E-state index contributed by atoms with van der Waals surface area (Å²) < 4.78 is 0. The van der Waals surface area contributed by atoms with Crippen LogP contribution in [0.2, 0.25) is 5.02 Å². The lowest BCUT2D eigenvalue weighted by atomic mass is 9.33. The second kappa shape index (κ2) is 22.0. The molecule has 0 amide bonds. The maximum Gasteiger partial charge on any atom is 0.252 e. The van der Waals surface area contributed by atoms with E-state index in [4.69, 9.17) is 11.6 Å². The number of rotatable bonds is 7. The molecule has 13 aromatic rings. The molecule has 13 aromatic carbocycles. The van der Waals surface area contributed by atoms with Crippen molar-refractivity contribution in [3.05, 3.63) is 269 Å². The van der Waals surface area contributed by atoms with Crippen LogP contribution in [0, 0.1) is 0 Å². The molecule has 0 atom stereocenters. The van der Waals surface area contributed by atoms with E-state index >= 15 is 0 Å². The third-order valence-corrected chi connectivity index (χ3v) is 20.6. The summed E-state index contributed by atoms with van der Waals surface area (Å²) in [6.07, 6.45) is 0. The highest BCUT2D eigenvalue weighted by Gasteiger charge is 2.46. The second-order valence-electron chi connectivity index (χ2n) is 32.0. The number of halogens is 1. The van der Waals surface area contributed by atoms with Crippen LogP contribution in [0.15, 0.2) is 237 Å². The van der Waals surface area contributed by atoms with Crippen molar-refractivity contribution in [1.82, 2.24) is 0 Å². The van der Waals surface area contributed by atoms with Gasteiger partial charge in [-0.05, 0) is 204 Å².